The van der Waals surface area contributed by atoms with Gasteiger partial charge in [0.25, 0.3) is 6.43 Å². The van der Waals surface area contributed by atoms with E-state index in [9.17, 15) is 13.2 Å². The zero-order valence-electron chi connectivity index (χ0n) is 6.52. The van der Waals surface area contributed by atoms with Gasteiger partial charge >= 0.3 is 0 Å². The molecular weight excluding hydrogens is 167 g/mol. The highest BCUT2D eigenvalue weighted by Gasteiger charge is 2.13. The van der Waals surface area contributed by atoms with E-state index in [0.717, 1.165) is 0 Å². The summed E-state index contributed by atoms with van der Waals surface area (Å²) < 4.78 is 36.5. The lowest BCUT2D eigenvalue weighted by Gasteiger charge is -2.04. The van der Waals surface area contributed by atoms with Crippen molar-refractivity contribution < 1.29 is 13.2 Å². The highest BCUT2D eigenvalue weighted by molar-refractivity contribution is 5.25. The molecule has 0 saturated heterocycles. The standard InChI is InChI=1S/C8H8F3N/c1-5-2-6(8(10)11)7(3-9)12-4-5/h2,4,8H,3H2,1H3. The molecule has 0 saturated carbocycles. The van der Waals surface area contributed by atoms with E-state index in [1.807, 2.05) is 0 Å². The summed E-state index contributed by atoms with van der Waals surface area (Å²) in [4.78, 5) is 3.56. The Morgan fingerprint density at radius 2 is 2.17 bits per heavy atom. The van der Waals surface area contributed by atoms with Crippen molar-refractivity contribution in [3.8, 4) is 0 Å². The molecule has 0 aromatic carbocycles. The van der Waals surface area contributed by atoms with Gasteiger partial charge in [0.2, 0.25) is 0 Å². The summed E-state index contributed by atoms with van der Waals surface area (Å²) in [6.07, 6.45) is -1.27. The molecule has 4 heteroatoms. The van der Waals surface area contributed by atoms with E-state index >= 15 is 0 Å². The van der Waals surface area contributed by atoms with Crippen molar-refractivity contribution in [2.24, 2.45) is 0 Å². The van der Waals surface area contributed by atoms with Crippen LogP contribution in [-0.4, -0.2) is 4.98 Å². The number of alkyl halides is 3. The van der Waals surface area contributed by atoms with Gasteiger partial charge in [0.15, 0.2) is 0 Å². The Morgan fingerprint density at radius 1 is 1.50 bits per heavy atom. The van der Waals surface area contributed by atoms with Crippen LogP contribution in [0.15, 0.2) is 12.3 Å². The molecule has 12 heavy (non-hydrogen) atoms. The van der Waals surface area contributed by atoms with Crippen molar-refractivity contribution in [2.75, 3.05) is 0 Å². The van der Waals surface area contributed by atoms with E-state index in [1.165, 1.54) is 12.3 Å². The SMILES string of the molecule is Cc1cnc(CF)c(C(F)F)c1. The van der Waals surface area contributed by atoms with Gasteiger partial charge in [-0.25, -0.2) is 13.2 Å². The van der Waals surface area contributed by atoms with Gasteiger partial charge in [-0.15, -0.1) is 0 Å². The molecule has 1 rings (SSSR count). The van der Waals surface area contributed by atoms with Crippen molar-refractivity contribution in [1.29, 1.82) is 0 Å². The molecule has 0 fully saturated rings. The van der Waals surface area contributed by atoms with Gasteiger partial charge in [0.1, 0.15) is 6.67 Å². The molecule has 0 atom stereocenters. The van der Waals surface area contributed by atoms with Gasteiger partial charge in [-0.3, -0.25) is 4.98 Å². The molecule has 1 aromatic heterocycles. The van der Waals surface area contributed by atoms with Gasteiger partial charge in [0.05, 0.1) is 5.69 Å². The van der Waals surface area contributed by atoms with E-state index in [1.54, 1.807) is 6.92 Å². The van der Waals surface area contributed by atoms with Crippen LogP contribution < -0.4 is 0 Å². The van der Waals surface area contributed by atoms with Crippen LogP contribution >= 0.6 is 0 Å². The maximum atomic E-state index is 12.2. The van der Waals surface area contributed by atoms with Crippen LogP contribution in [0, 0.1) is 6.92 Å². The maximum absolute atomic E-state index is 12.2. The lowest BCUT2D eigenvalue weighted by atomic mass is 10.1. The smallest absolute Gasteiger partial charge is 0.258 e. The van der Waals surface area contributed by atoms with Crippen LogP contribution in [0.5, 0.6) is 0 Å². The first-order valence-electron chi connectivity index (χ1n) is 3.44. The Morgan fingerprint density at radius 3 is 2.67 bits per heavy atom. The number of hydrogen-bond acceptors (Lipinski definition) is 1. The fourth-order valence-electron chi connectivity index (χ4n) is 0.921. The highest BCUT2D eigenvalue weighted by atomic mass is 19.3. The largest absolute Gasteiger partial charge is 0.265 e. The van der Waals surface area contributed by atoms with Gasteiger partial charge < -0.3 is 0 Å². The third-order valence-corrected chi connectivity index (χ3v) is 1.50. The number of halogens is 3. The predicted molar refractivity (Wildman–Crippen MR) is 38.7 cm³/mol. The average Bonchev–Trinajstić information content (AvgIpc) is 2.04. The predicted octanol–water partition coefficient (Wildman–Crippen LogP) is 2.80. The minimum atomic E-state index is -2.65. The molecule has 0 N–H and O–H groups in total. The second kappa shape index (κ2) is 3.56. The summed E-state index contributed by atoms with van der Waals surface area (Å²) in [5, 5.41) is 0. The van der Waals surface area contributed by atoms with Crippen molar-refractivity contribution in [3.63, 3.8) is 0 Å². The Labute approximate surface area is 68.2 Å². The number of hydrogen-bond donors (Lipinski definition) is 0. The van der Waals surface area contributed by atoms with Crippen molar-refractivity contribution in [1.82, 2.24) is 4.98 Å². The zero-order chi connectivity index (χ0) is 9.14. The van der Waals surface area contributed by atoms with E-state index < -0.39 is 13.1 Å². The molecule has 0 aliphatic rings. The Hall–Kier alpha value is -1.06. The van der Waals surface area contributed by atoms with E-state index in [0.29, 0.717) is 5.56 Å². The zero-order valence-corrected chi connectivity index (χ0v) is 6.52. The maximum Gasteiger partial charge on any atom is 0.265 e. The number of nitrogens with zero attached hydrogens (tertiary/aromatic N) is 1. The minimum absolute atomic E-state index is 0.171. The lowest BCUT2D eigenvalue weighted by molar-refractivity contribution is 0.148. The monoisotopic (exact) mass is 175 g/mol. The van der Waals surface area contributed by atoms with E-state index in [-0.39, 0.29) is 11.3 Å². The summed E-state index contributed by atoms with van der Waals surface area (Å²) in [6, 6.07) is 1.26. The topological polar surface area (TPSA) is 12.9 Å². The molecule has 1 heterocycles. The van der Waals surface area contributed by atoms with E-state index in [2.05, 4.69) is 4.98 Å². The fourth-order valence-corrected chi connectivity index (χ4v) is 0.921. The molecule has 0 amide bonds. The van der Waals surface area contributed by atoms with Crippen LogP contribution in [0.2, 0.25) is 0 Å². The minimum Gasteiger partial charge on any atom is -0.258 e. The number of aryl methyl sites for hydroxylation is 1. The van der Waals surface area contributed by atoms with Crippen molar-refractivity contribution >= 4 is 0 Å². The normalized spacial score (nSPS) is 10.8. The molecular formula is C8H8F3N. The third kappa shape index (κ3) is 1.75. The lowest BCUT2D eigenvalue weighted by Crippen LogP contribution is -1.96. The molecule has 0 unspecified atom stereocenters. The van der Waals surface area contributed by atoms with Gasteiger partial charge in [-0.2, -0.15) is 0 Å². The number of aromatic nitrogens is 1. The fraction of sp³-hybridized carbons (Fsp3) is 0.375. The molecule has 0 bridgehead atoms. The summed E-state index contributed by atoms with van der Waals surface area (Å²) in [6.45, 7) is 0.695. The highest BCUT2D eigenvalue weighted by Crippen LogP contribution is 2.22. The van der Waals surface area contributed by atoms with Crippen LogP contribution in [0.4, 0.5) is 13.2 Å². The number of rotatable bonds is 2. The first kappa shape index (κ1) is 9.03. The van der Waals surface area contributed by atoms with Crippen LogP contribution in [0.1, 0.15) is 23.2 Å². The number of pyridine rings is 1. The van der Waals surface area contributed by atoms with Gasteiger partial charge in [0, 0.05) is 11.8 Å². The van der Waals surface area contributed by atoms with Gasteiger partial charge in [-0.1, -0.05) is 0 Å². The van der Waals surface area contributed by atoms with Crippen LogP contribution in [-0.2, 0) is 6.67 Å². The molecule has 0 aliphatic carbocycles. The first-order chi connectivity index (χ1) is 5.65. The third-order valence-electron chi connectivity index (χ3n) is 1.50. The Balaban J connectivity index is 3.12. The summed E-state index contributed by atoms with van der Waals surface area (Å²) in [5.41, 5.74) is 0.135. The second-order valence-electron chi connectivity index (χ2n) is 2.48. The van der Waals surface area contributed by atoms with E-state index in [4.69, 9.17) is 0 Å². The molecule has 0 radical (unpaired) electrons. The first-order valence-corrected chi connectivity index (χ1v) is 3.44. The second-order valence-corrected chi connectivity index (χ2v) is 2.48. The van der Waals surface area contributed by atoms with Crippen molar-refractivity contribution in [2.45, 2.75) is 20.0 Å². The molecule has 66 valence electrons. The van der Waals surface area contributed by atoms with Crippen LogP contribution in [0.3, 0.4) is 0 Å². The summed E-state index contributed by atoms with van der Waals surface area (Å²) in [5.74, 6) is 0. The molecule has 1 nitrogen and oxygen atoms in total. The molecule has 1 aromatic rings. The Kier molecular flexibility index (Phi) is 2.68. The average molecular weight is 175 g/mol. The molecule has 0 spiro atoms. The summed E-state index contributed by atoms with van der Waals surface area (Å²) in [7, 11) is 0. The van der Waals surface area contributed by atoms with Crippen LogP contribution in [0.25, 0.3) is 0 Å². The Bertz CT molecular complexity index is 273. The quantitative estimate of drug-likeness (QED) is 0.673. The summed E-state index contributed by atoms with van der Waals surface area (Å²) >= 11 is 0. The van der Waals surface area contributed by atoms with Crippen molar-refractivity contribution in [3.05, 3.63) is 29.1 Å². The van der Waals surface area contributed by atoms with Gasteiger partial charge in [-0.05, 0) is 18.6 Å². The molecule has 0 aliphatic heterocycles.